The van der Waals surface area contributed by atoms with E-state index in [-0.39, 0.29) is 67.5 Å². The third kappa shape index (κ3) is 20.4. The number of H-pyrrole nitrogens is 1. The van der Waals surface area contributed by atoms with Crippen LogP contribution >= 0.6 is 22.6 Å². The van der Waals surface area contributed by atoms with Crippen molar-refractivity contribution in [1.29, 1.82) is 0 Å². The molecule has 2 N–H and O–H groups in total. The van der Waals surface area contributed by atoms with Gasteiger partial charge in [-0.2, -0.15) is 6.42 Å². The predicted octanol–water partition coefficient (Wildman–Crippen LogP) is 23.0. The summed E-state index contributed by atoms with van der Waals surface area (Å²) in [6.07, 6.45) is 9.45. The van der Waals surface area contributed by atoms with Crippen LogP contribution in [-0.2, 0) is 9.31 Å². The minimum Gasteiger partial charge on any atom is -0.868 e. The van der Waals surface area contributed by atoms with Gasteiger partial charge in [-0.15, -0.1) is 0 Å². The summed E-state index contributed by atoms with van der Waals surface area (Å²) in [7, 11) is -0.364. The Labute approximate surface area is 875 Å². The number of nitrogens with zero attached hydrogens (tertiary/aromatic N) is 11. The van der Waals surface area contributed by atoms with Crippen LogP contribution in [0.15, 0.2) is 437 Å². The molecule has 1 saturated heterocycles. The molecule has 0 spiro atoms. The third-order valence-electron chi connectivity index (χ3n) is 26.1. The number of hydrogen-bond acceptors (Lipinski definition) is 11. The Bertz CT molecular complexity index is 8000. The van der Waals surface area contributed by atoms with Crippen LogP contribution < -0.4 is 53.3 Å². The second kappa shape index (κ2) is 44.0. The Morgan fingerprint density at radius 3 is 1.01 bits per heavy atom. The number of halogens is 1. The molecule has 1 aliphatic rings. The van der Waals surface area contributed by atoms with E-state index in [9.17, 15) is 10.2 Å². The van der Waals surface area contributed by atoms with Crippen molar-refractivity contribution in [2.75, 3.05) is 0 Å². The van der Waals surface area contributed by atoms with Gasteiger partial charge >= 0.3 is 44.8 Å². The molecule has 0 amide bonds. The largest absolute Gasteiger partial charge is 1.00 e. The third-order valence-corrected chi connectivity index (χ3v) is 27.1. The minimum absolute atomic E-state index is 0. The SMILES string of the molecule is CC1(C)OB(c2ccc(-c3nc4ccccc4n3-c3ccccc3)cc2)OC1(C)C.Cc1ccc(-c2ccc(-c3nc4ccccc4n3-c3ccccc3)cc2)c2cccnc12.Cc1ccc(I)c2cccnc12.Oc1ccc(-c2ccc(-c3nc4ccccc4n3-c3ccccc3)cc2)c2cccnc12.[CH2-]CCC.[Li+].[Li+].[O-]c1ccc(-c2ccc(-c3nc4ccccc4n3-c3ccccc3)cc2)c2ccc[nH+]c12. The fraction of sp³-hybridized carbons (Fsp3) is 0.0887. The molecule has 0 aliphatic carbocycles. The zero-order chi connectivity index (χ0) is 97.4. The van der Waals surface area contributed by atoms with Gasteiger partial charge in [0.2, 0.25) is 5.52 Å². The van der Waals surface area contributed by atoms with E-state index < -0.39 is 0 Å². The summed E-state index contributed by atoms with van der Waals surface area (Å²) >= 11 is 2.33. The molecule has 25 rings (SSSR count). The molecule has 1 aliphatic heterocycles. The smallest absolute Gasteiger partial charge is 0.868 e. The van der Waals surface area contributed by atoms with Gasteiger partial charge in [-0.25, -0.2) is 24.9 Å². The van der Waals surface area contributed by atoms with Crippen molar-refractivity contribution in [2.24, 2.45) is 0 Å². The van der Waals surface area contributed by atoms with Gasteiger partial charge in [-0.05, 0) is 259 Å². The molecular weight excluding hydrogens is 1870 g/mol. The Hall–Kier alpha value is -15.5. The molecule has 0 radical (unpaired) electrons. The molecule has 8 aromatic heterocycles. The number of unbranched alkanes of at least 4 members (excludes halogenated alkanes) is 1. The second-order valence-electron chi connectivity index (χ2n) is 35.9. The maximum atomic E-state index is 12.2. The zero-order valence-electron chi connectivity index (χ0n) is 81.7. The number of hydrogen-bond donors (Lipinski definition) is 1. The standard InChI is InChI=1S/C29H21N3.2C28H19N3O.C25H25BN2O2.C10H8IN.C4H9.2Li/c1-20-13-18-24(25-10-7-19-30-28(20)25)21-14-16-22(17-15-21)29-31-26-11-5-6-12-27(26)32(29)23-8-3-2-4-9-23;2*32-26-17-16-22(23-9-6-18-29-27(23)26)19-12-14-20(15-13-19)28-30-24-10-4-5-11-25(24)31(28)21-7-2-1-3-8-21;1-24(2)25(3,4)30-26(29-24)19-16-14-18(15-17-19)23-27-21-12-8-9-13-22(21)28(23)20-10-6-5-7-11-20;1-7-4-5-9(11)8-3-2-6-12-10(7)8;1-3-4-2;;/h2-19H,1H3;2*1-18,32H;5-17H,1-4H3;2-6H,1H3;1,3-4H2,2H3;;/q;;;;;-1;2*+1. The normalized spacial score (nSPS) is 12.2. The number of rotatable bonds is 13. The van der Waals surface area contributed by atoms with Gasteiger partial charge in [0.25, 0.3) is 0 Å². The van der Waals surface area contributed by atoms with Gasteiger partial charge in [0.1, 0.15) is 34.6 Å². The van der Waals surface area contributed by atoms with E-state index in [4.69, 9.17) is 29.2 Å². The summed E-state index contributed by atoms with van der Waals surface area (Å²) in [5.74, 6) is 3.86. The fourth-order valence-electron chi connectivity index (χ4n) is 18.1. The monoisotopic (exact) mass is 1970 g/mol. The van der Waals surface area contributed by atoms with E-state index in [1.54, 1.807) is 24.5 Å². The Kier molecular flexibility index (Phi) is 30.1. The summed E-state index contributed by atoms with van der Waals surface area (Å²) in [6, 6.07) is 140. The van der Waals surface area contributed by atoms with Crippen molar-refractivity contribution < 1.29 is 62.2 Å². The van der Waals surface area contributed by atoms with Crippen LogP contribution in [0.25, 0.3) is 189 Å². The molecule has 144 heavy (non-hydrogen) atoms. The number of pyridine rings is 4. The van der Waals surface area contributed by atoms with Crippen molar-refractivity contribution in [3.05, 3.63) is 459 Å². The Morgan fingerprint density at radius 1 is 0.340 bits per heavy atom. The van der Waals surface area contributed by atoms with E-state index in [2.05, 4.69) is 371 Å². The van der Waals surface area contributed by atoms with Crippen LogP contribution in [-0.4, -0.2) is 76.6 Å². The maximum absolute atomic E-state index is 12.2. The predicted molar refractivity (Wildman–Crippen MR) is 588 cm³/mol. The van der Waals surface area contributed by atoms with Crippen molar-refractivity contribution in [2.45, 2.75) is 72.5 Å². The summed E-state index contributed by atoms with van der Waals surface area (Å²) in [4.78, 5) is 36.1. The van der Waals surface area contributed by atoms with Gasteiger partial charge in [-0.3, -0.25) is 33.2 Å². The van der Waals surface area contributed by atoms with Gasteiger partial charge < -0.3 is 26.4 Å². The number of nitrogens with one attached hydrogen (secondary N) is 1. The molecule has 16 aromatic carbocycles. The molecule has 692 valence electrons. The number of benzene rings is 16. The molecule has 0 bridgehead atoms. The number of phenols is 1. The summed E-state index contributed by atoms with van der Waals surface area (Å²) in [5, 5.41) is 26.7. The number of phenolic OH excluding ortho intramolecular Hbond substituents is 1. The maximum Gasteiger partial charge on any atom is 1.00 e. The Balaban J connectivity index is 0.000000119. The first-order valence-electron chi connectivity index (χ1n) is 47.7. The molecule has 9 heterocycles. The molecule has 0 atom stereocenters. The quantitative estimate of drug-likeness (QED) is 0.0658. The number of aromatic hydroxyl groups is 1. The van der Waals surface area contributed by atoms with Crippen LogP contribution in [0.1, 0.15) is 58.6 Å². The molecule has 1 fully saturated rings. The zero-order valence-corrected chi connectivity index (χ0v) is 83.9. The summed E-state index contributed by atoms with van der Waals surface area (Å²) < 4.78 is 22.5. The average molecular weight is 1970 g/mol. The Morgan fingerprint density at radius 2 is 0.639 bits per heavy atom. The average Bonchev–Trinajstić information content (AvgIpc) is 1.61. The van der Waals surface area contributed by atoms with Gasteiger partial charge in [-0.1, -0.05) is 280 Å². The van der Waals surface area contributed by atoms with Gasteiger partial charge in [0, 0.05) is 89.4 Å². The first kappa shape index (κ1) is 98.7. The fourth-order valence-corrected chi connectivity index (χ4v) is 18.7. The van der Waals surface area contributed by atoms with Crippen LogP contribution in [0.5, 0.6) is 11.5 Å². The molecule has 20 heteroatoms. The van der Waals surface area contributed by atoms with E-state index in [0.29, 0.717) is 11.0 Å². The van der Waals surface area contributed by atoms with Gasteiger partial charge in [0.05, 0.1) is 71.8 Å². The summed E-state index contributed by atoms with van der Waals surface area (Å²) in [5.41, 5.74) is 29.5. The topological polar surface area (TPSA) is 186 Å². The molecule has 0 saturated carbocycles. The van der Waals surface area contributed by atoms with E-state index >= 15 is 0 Å². The van der Waals surface area contributed by atoms with Crippen LogP contribution in [0.3, 0.4) is 0 Å². The first-order chi connectivity index (χ1) is 69.4. The number of imidazole rings is 4. The first-order valence-corrected chi connectivity index (χ1v) is 48.7. The number of aromatic amines is 1. The number of fused-ring (bicyclic) bond motifs is 8. The minimum atomic E-state index is -0.364. The number of aromatic nitrogens is 12. The van der Waals surface area contributed by atoms with E-state index in [1.165, 1.54) is 43.0 Å². The molecule has 0 unspecified atom stereocenters. The number of para-hydroxylation sites is 12. The van der Waals surface area contributed by atoms with Crippen LogP contribution in [0, 0.1) is 24.3 Å². The van der Waals surface area contributed by atoms with Crippen molar-refractivity contribution in [1.82, 2.24) is 53.2 Å². The van der Waals surface area contributed by atoms with Crippen molar-refractivity contribution >= 4 is 123 Å². The number of aryl methyl sites for hydroxylation is 2. The summed E-state index contributed by atoms with van der Waals surface area (Å²) in [6.45, 7) is 18.2. The molecule has 16 nitrogen and oxygen atoms in total. The van der Waals surface area contributed by atoms with Crippen molar-refractivity contribution in [3.63, 3.8) is 0 Å². The van der Waals surface area contributed by atoms with E-state index in [0.717, 1.165) is 168 Å². The van der Waals surface area contributed by atoms with Crippen LogP contribution in [0.4, 0.5) is 0 Å². The molecule has 24 aromatic rings. The van der Waals surface area contributed by atoms with Crippen LogP contribution in [0.2, 0.25) is 0 Å². The van der Waals surface area contributed by atoms with E-state index in [1.807, 2.05) is 158 Å². The molecular formula is C124H101BILi2N12O4+. The van der Waals surface area contributed by atoms with Gasteiger partial charge in [0.15, 0.2) is 6.20 Å². The van der Waals surface area contributed by atoms with Crippen molar-refractivity contribution in [3.8, 4) is 113 Å². The second-order valence-corrected chi connectivity index (χ2v) is 37.0.